The number of nitrogens with zero attached hydrogens (tertiary/aromatic N) is 3. The molecule has 0 saturated carbocycles. The predicted octanol–water partition coefficient (Wildman–Crippen LogP) is 2.33. The number of carbonyl (C=O) groups excluding carboxylic acids is 1. The Bertz CT molecular complexity index is 636. The molecule has 7 heteroatoms. The molecule has 0 spiro atoms. The number of ether oxygens (including phenoxy) is 1. The van der Waals surface area contributed by atoms with Gasteiger partial charge in [-0.3, -0.25) is 9.69 Å². The number of nitrogens with one attached hydrogen (secondary N) is 2. The SMILES string of the molecule is CCNC(=NCc1cccc(OCC(=O)N(C)C)c1)NCCN(C(C)C)C(C)C. The highest BCUT2D eigenvalue weighted by atomic mass is 16.5. The van der Waals surface area contributed by atoms with Crippen LogP contribution in [0.25, 0.3) is 0 Å². The van der Waals surface area contributed by atoms with Crippen molar-refractivity contribution in [1.82, 2.24) is 20.4 Å². The molecule has 164 valence electrons. The molecule has 0 fully saturated rings. The number of aliphatic imine (C=N–C) groups is 1. The summed E-state index contributed by atoms with van der Waals surface area (Å²) in [5, 5.41) is 6.71. The summed E-state index contributed by atoms with van der Waals surface area (Å²) in [4.78, 5) is 20.3. The lowest BCUT2D eigenvalue weighted by atomic mass is 10.2. The minimum absolute atomic E-state index is 0.0338. The highest BCUT2D eigenvalue weighted by Crippen LogP contribution is 2.14. The maximum absolute atomic E-state index is 11.7. The van der Waals surface area contributed by atoms with Gasteiger partial charge in [-0.15, -0.1) is 0 Å². The van der Waals surface area contributed by atoms with Crippen molar-refractivity contribution in [1.29, 1.82) is 0 Å². The maximum Gasteiger partial charge on any atom is 0.259 e. The molecule has 1 aromatic rings. The van der Waals surface area contributed by atoms with E-state index in [1.54, 1.807) is 14.1 Å². The Morgan fingerprint density at radius 2 is 1.83 bits per heavy atom. The van der Waals surface area contributed by atoms with Crippen LogP contribution in [-0.2, 0) is 11.3 Å². The number of likely N-dealkylation sites (N-methyl/N-ethyl adjacent to an activating group) is 1. The second-order valence-electron chi connectivity index (χ2n) is 7.77. The van der Waals surface area contributed by atoms with Crippen molar-refractivity contribution >= 4 is 11.9 Å². The van der Waals surface area contributed by atoms with E-state index in [4.69, 9.17) is 4.74 Å². The number of hydrogen-bond acceptors (Lipinski definition) is 4. The van der Waals surface area contributed by atoms with Crippen molar-refractivity contribution in [2.24, 2.45) is 4.99 Å². The third kappa shape index (κ3) is 9.65. The molecular formula is C22H39N5O2. The smallest absolute Gasteiger partial charge is 0.259 e. The van der Waals surface area contributed by atoms with Crippen LogP contribution < -0.4 is 15.4 Å². The van der Waals surface area contributed by atoms with Gasteiger partial charge in [0.25, 0.3) is 5.91 Å². The summed E-state index contributed by atoms with van der Waals surface area (Å²) in [5.41, 5.74) is 1.03. The number of benzene rings is 1. The zero-order valence-corrected chi connectivity index (χ0v) is 19.2. The molecule has 0 aliphatic carbocycles. The van der Waals surface area contributed by atoms with E-state index in [2.05, 4.69) is 55.1 Å². The quantitative estimate of drug-likeness (QED) is 0.437. The zero-order valence-electron chi connectivity index (χ0n) is 19.2. The van der Waals surface area contributed by atoms with E-state index in [0.717, 1.165) is 31.2 Å². The van der Waals surface area contributed by atoms with E-state index in [1.807, 2.05) is 24.3 Å². The first-order valence-corrected chi connectivity index (χ1v) is 10.4. The largest absolute Gasteiger partial charge is 0.484 e. The topological polar surface area (TPSA) is 69.2 Å². The first-order valence-electron chi connectivity index (χ1n) is 10.4. The third-order valence-electron chi connectivity index (χ3n) is 4.51. The number of carbonyl (C=O) groups is 1. The number of guanidine groups is 1. The summed E-state index contributed by atoms with van der Waals surface area (Å²) in [6.45, 7) is 14.1. The fourth-order valence-corrected chi connectivity index (χ4v) is 2.94. The minimum atomic E-state index is -0.0658. The standard InChI is InChI=1S/C22H39N5O2/c1-8-23-22(24-12-13-27(17(2)3)18(4)5)25-15-19-10-9-11-20(14-19)29-16-21(28)26(6)7/h9-11,14,17-18H,8,12-13,15-16H2,1-7H3,(H2,23,24,25). The van der Waals surface area contributed by atoms with Gasteiger partial charge >= 0.3 is 0 Å². The van der Waals surface area contributed by atoms with Crippen LogP contribution in [0.2, 0.25) is 0 Å². The Kier molecular flexibility index (Phi) is 11.1. The lowest BCUT2D eigenvalue weighted by molar-refractivity contribution is -0.130. The van der Waals surface area contributed by atoms with Crippen LogP contribution in [0.5, 0.6) is 5.75 Å². The van der Waals surface area contributed by atoms with Gasteiger partial charge in [-0.25, -0.2) is 4.99 Å². The van der Waals surface area contributed by atoms with E-state index in [1.165, 1.54) is 4.90 Å². The summed E-state index contributed by atoms with van der Waals surface area (Å²) in [6, 6.07) is 8.73. The molecule has 0 aliphatic rings. The van der Waals surface area contributed by atoms with Crippen LogP contribution >= 0.6 is 0 Å². The fraction of sp³-hybridized carbons (Fsp3) is 0.636. The summed E-state index contributed by atoms with van der Waals surface area (Å²) in [6.07, 6.45) is 0. The van der Waals surface area contributed by atoms with Crippen LogP contribution in [0.15, 0.2) is 29.3 Å². The van der Waals surface area contributed by atoms with Gasteiger partial charge < -0.3 is 20.3 Å². The van der Waals surface area contributed by atoms with Gasteiger partial charge in [0.05, 0.1) is 6.54 Å². The lowest BCUT2D eigenvalue weighted by Crippen LogP contribution is -2.45. The fourth-order valence-electron chi connectivity index (χ4n) is 2.94. The van der Waals surface area contributed by atoms with Crippen molar-refractivity contribution in [3.8, 4) is 5.75 Å². The summed E-state index contributed by atoms with van der Waals surface area (Å²) in [5.74, 6) is 1.41. The molecule has 7 nitrogen and oxygen atoms in total. The Hall–Kier alpha value is -2.28. The summed E-state index contributed by atoms with van der Waals surface area (Å²) in [7, 11) is 3.43. The molecule has 0 aromatic heterocycles. The molecule has 1 rings (SSSR count). The highest BCUT2D eigenvalue weighted by Gasteiger charge is 2.12. The van der Waals surface area contributed by atoms with Gasteiger partial charge in [-0.2, -0.15) is 0 Å². The molecule has 29 heavy (non-hydrogen) atoms. The van der Waals surface area contributed by atoms with Crippen molar-refractivity contribution in [2.45, 2.75) is 53.2 Å². The van der Waals surface area contributed by atoms with Crippen molar-refractivity contribution in [3.05, 3.63) is 29.8 Å². The van der Waals surface area contributed by atoms with E-state index in [9.17, 15) is 4.79 Å². The minimum Gasteiger partial charge on any atom is -0.484 e. The molecular weight excluding hydrogens is 366 g/mol. The average Bonchev–Trinajstić information content (AvgIpc) is 2.66. The second kappa shape index (κ2) is 13.0. The van der Waals surface area contributed by atoms with E-state index in [0.29, 0.717) is 24.4 Å². The van der Waals surface area contributed by atoms with Crippen molar-refractivity contribution in [3.63, 3.8) is 0 Å². The number of amides is 1. The van der Waals surface area contributed by atoms with Gasteiger partial charge in [0.1, 0.15) is 5.75 Å². The Balaban J connectivity index is 2.64. The molecule has 0 atom stereocenters. The highest BCUT2D eigenvalue weighted by molar-refractivity contribution is 5.79. The molecule has 0 bridgehead atoms. The Morgan fingerprint density at radius 3 is 2.41 bits per heavy atom. The first kappa shape index (κ1) is 24.8. The lowest BCUT2D eigenvalue weighted by Gasteiger charge is -2.30. The molecule has 1 amide bonds. The van der Waals surface area contributed by atoms with Crippen LogP contribution in [0.3, 0.4) is 0 Å². The Labute approximate surface area is 176 Å². The van der Waals surface area contributed by atoms with Gasteiger partial charge in [0.2, 0.25) is 0 Å². The van der Waals surface area contributed by atoms with Crippen LogP contribution in [0.1, 0.15) is 40.2 Å². The summed E-state index contributed by atoms with van der Waals surface area (Å²) >= 11 is 0. The number of hydrogen-bond donors (Lipinski definition) is 2. The van der Waals surface area contributed by atoms with E-state index in [-0.39, 0.29) is 12.5 Å². The van der Waals surface area contributed by atoms with E-state index >= 15 is 0 Å². The van der Waals surface area contributed by atoms with Gasteiger partial charge in [0.15, 0.2) is 12.6 Å². The van der Waals surface area contributed by atoms with Crippen LogP contribution in [0, 0.1) is 0 Å². The van der Waals surface area contributed by atoms with Crippen molar-refractivity contribution in [2.75, 3.05) is 40.3 Å². The van der Waals surface area contributed by atoms with E-state index < -0.39 is 0 Å². The average molecular weight is 406 g/mol. The molecule has 1 aromatic carbocycles. The van der Waals surface area contributed by atoms with Gasteiger partial charge in [-0.05, 0) is 52.3 Å². The van der Waals surface area contributed by atoms with Crippen LogP contribution in [-0.4, -0.2) is 74.1 Å². The molecule has 0 saturated heterocycles. The Morgan fingerprint density at radius 1 is 1.14 bits per heavy atom. The van der Waals surface area contributed by atoms with Crippen LogP contribution in [0.4, 0.5) is 0 Å². The normalized spacial score (nSPS) is 11.9. The molecule has 0 aliphatic heterocycles. The zero-order chi connectivity index (χ0) is 21.8. The summed E-state index contributed by atoms with van der Waals surface area (Å²) < 4.78 is 5.58. The van der Waals surface area contributed by atoms with Gasteiger partial charge in [-0.1, -0.05) is 12.1 Å². The maximum atomic E-state index is 11.7. The van der Waals surface area contributed by atoms with Gasteiger partial charge in [0, 0.05) is 45.8 Å². The molecule has 2 N–H and O–H groups in total. The molecule has 0 radical (unpaired) electrons. The van der Waals surface area contributed by atoms with Crippen molar-refractivity contribution < 1.29 is 9.53 Å². The number of rotatable bonds is 11. The first-order chi connectivity index (χ1) is 13.7. The molecule has 0 unspecified atom stereocenters. The molecule has 0 heterocycles. The monoisotopic (exact) mass is 405 g/mol. The third-order valence-corrected chi connectivity index (χ3v) is 4.51. The predicted molar refractivity (Wildman–Crippen MR) is 120 cm³/mol. The second-order valence-corrected chi connectivity index (χ2v) is 7.77.